The van der Waals surface area contributed by atoms with Crippen molar-refractivity contribution in [3.63, 3.8) is 0 Å². The molecule has 5 nitrogen and oxygen atoms in total. The number of hydrogen-bond donors (Lipinski definition) is 1. The SMILES string of the molecule is CC(C)C[C@H]([NH3+])c1nnc2sc(SCc3ccccc3F)nn12. The predicted octanol–water partition coefficient (Wildman–Crippen LogP) is 2.95. The molecule has 0 unspecified atom stereocenters. The first-order chi connectivity index (χ1) is 11.0. The Morgan fingerprint density at radius 2 is 2.09 bits per heavy atom. The smallest absolute Gasteiger partial charge is 0.235 e. The van der Waals surface area contributed by atoms with Crippen LogP contribution < -0.4 is 5.73 Å². The van der Waals surface area contributed by atoms with Crippen molar-refractivity contribution in [2.75, 3.05) is 0 Å². The highest BCUT2D eigenvalue weighted by molar-refractivity contribution is 8.00. The van der Waals surface area contributed by atoms with Crippen LogP contribution in [-0.4, -0.2) is 19.8 Å². The maximum Gasteiger partial charge on any atom is 0.235 e. The summed E-state index contributed by atoms with van der Waals surface area (Å²) < 4.78 is 16.3. The van der Waals surface area contributed by atoms with Crippen LogP contribution in [-0.2, 0) is 5.75 Å². The van der Waals surface area contributed by atoms with E-state index in [1.807, 2.05) is 6.07 Å². The molecular weight excluding hydrogens is 333 g/mol. The van der Waals surface area contributed by atoms with Crippen molar-refractivity contribution in [3.8, 4) is 0 Å². The van der Waals surface area contributed by atoms with Crippen LogP contribution in [0.5, 0.6) is 0 Å². The largest absolute Gasteiger partial charge is 0.349 e. The highest BCUT2D eigenvalue weighted by Gasteiger charge is 2.21. The lowest BCUT2D eigenvalue weighted by atomic mass is 10.0. The quantitative estimate of drug-likeness (QED) is 0.693. The van der Waals surface area contributed by atoms with Gasteiger partial charge in [-0.15, -0.1) is 15.3 Å². The molecule has 23 heavy (non-hydrogen) atoms. The van der Waals surface area contributed by atoms with Gasteiger partial charge in [0.25, 0.3) is 0 Å². The van der Waals surface area contributed by atoms with Gasteiger partial charge in [0.2, 0.25) is 10.8 Å². The monoisotopic (exact) mass is 352 g/mol. The van der Waals surface area contributed by atoms with Gasteiger partial charge in [0.1, 0.15) is 11.9 Å². The summed E-state index contributed by atoms with van der Waals surface area (Å²) in [6, 6.07) is 6.88. The van der Waals surface area contributed by atoms with E-state index in [-0.39, 0.29) is 11.9 Å². The molecule has 0 amide bonds. The normalized spacial score (nSPS) is 13.1. The minimum Gasteiger partial charge on any atom is -0.349 e. The first kappa shape index (κ1) is 16.4. The second-order valence-corrected chi connectivity index (χ2v) is 8.01. The zero-order valence-electron chi connectivity index (χ0n) is 13.1. The zero-order chi connectivity index (χ0) is 16.4. The summed E-state index contributed by atoms with van der Waals surface area (Å²) >= 11 is 2.98. The average Bonchev–Trinajstić information content (AvgIpc) is 3.05. The zero-order valence-corrected chi connectivity index (χ0v) is 14.7. The lowest BCUT2D eigenvalue weighted by Crippen LogP contribution is -2.54. The fraction of sp³-hybridized carbons (Fsp3) is 0.400. The summed E-state index contributed by atoms with van der Waals surface area (Å²) in [5.41, 5.74) is 4.85. The van der Waals surface area contributed by atoms with E-state index in [4.69, 9.17) is 0 Å². The van der Waals surface area contributed by atoms with Gasteiger partial charge in [-0.2, -0.15) is 4.52 Å². The minimum absolute atomic E-state index is 0.0662. The van der Waals surface area contributed by atoms with Crippen LogP contribution in [0.4, 0.5) is 4.39 Å². The van der Waals surface area contributed by atoms with Gasteiger partial charge >= 0.3 is 0 Å². The molecule has 1 aromatic carbocycles. The van der Waals surface area contributed by atoms with Gasteiger partial charge in [0.15, 0.2) is 4.34 Å². The van der Waals surface area contributed by atoms with Crippen molar-refractivity contribution >= 4 is 28.1 Å². The molecule has 0 saturated heterocycles. The number of fused-ring (bicyclic) bond motifs is 1. The fourth-order valence-electron chi connectivity index (χ4n) is 2.36. The van der Waals surface area contributed by atoms with E-state index < -0.39 is 0 Å². The van der Waals surface area contributed by atoms with E-state index in [1.54, 1.807) is 16.6 Å². The third-order valence-corrected chi connectivity index (χ3v) is 5.51. The molecule has 0 aliphatic rings. The number of benzene rings is 1. The van der Waals surface area contributed by atoms with Crippen molar-refractivity contribution in [2.24, 2.45) is 5.92 Å². The lowest BCUT2D eigenvalue weighted by Gasteiger charge is -2.07. The Hall–Kier alpha value is -1.51. The number of thioether (sulfide) groups is 1. The molecule has 3 N–H and O–H groups in total. The van der Waals surface area contributed by atoms with E-state index in [9.17, 15) is 4.39 Å². The molecule has 0 fully saturated rings. The molecule has 8 heteroatoms. The lowest BCUT2D eigenvalue weighted by molar-refractivity contribution is -0.432. The first-order valence-corrected chi connectivity index (χ1v) is 9.26. The van der Waals surface area contributed by atoms with E-state index in [2.05, 4.69) is 34.9 Å². The molecule has 0 radical (unpaired) electrons. The fourth-order valence-corrected chi connectivity index (χ4v) is 4.23. The molecule has 122 valence electrons. The molecule has 0 bridgehead atoms. The van der Waals surface area contributed by atoms with Crippen LogP contribution in [0.2, 0.25) is 0 Å². The average molecular weight is 352 g/mol. The molecule has 2 heterocycles. The Labute approximate surface area is 142 Å². The van der Waals surface area contributed by atoms with E-state index >= 15 is 0 Å². The van der Waals surface area contributed by atoms with Crippen LogP contribution in [0.3, 0.4) is 0 Å². The van der Waals surface area contributed by atoms with E-state index in [0.717, 1.165) is 21.5 Å². The summed E-state index contributed by atoms with van der Waals surface area (Å²) in [4.78, 5) is 0.758. The maximum atomic E-state index is 13.7. The first-order valence-electron chi connectivity index (χ1n) is 7.46. The predicted molar refractivity (Wildman–Crippen MR) is 89.7 cm³/mol. The van der Waals surface area contributed by atoms with Crippen LogP contribution in [0, 0.1) is 11.7 Å². The topological polar surface area (TPSA) is 70.7 Å². The summed E-state index contributed by atoms with van der Waals surface area (Å²) in [6.45, 7) is 4.32. The number of quaternary nitrogens is 1. The number of hydrogen-bond acceptors (Lipinski definition) is 5. The standard InChI is InChI=1S/C15H18FN5S2/c1-9(2)7-12(17)13-18-19-14-21(13)20-15(23-14)22-8-10-5-3-4-6-11(10)16/h3-6,9,12H,7-8,17H2,1-2H3/p+1/t12-/m0/s1. The molecule has 0 aliphatic carbocycles. The summed E-state index contributed by atoms with van der Waals surface area (Å²) in [7, 11) is 0. The number of halogens is 1. The Morgan fingerprint density at radius 3 is 2.83 bits per heavy atom. The van der Waals surface area contributed by atoms with E-state index in [1.165, 1.54) is 29.2 Å². The Balaban J connectivity index is 1.76. The molecule has 0 saturated carbocycles. The van der Waals surface area contributed by atoms with Crippen molar-refractivity contribution < 1.29 is 10.1 Å². The van der Waals surface area contributed by atoms with Gasteiger partial charge in [0.05, 0.1) is 0 Å². The third kappa shape index (κ3) is 3.70. The highest BCUT2D eigenvalue weighted by atomic mass is 32.2. The molecule has 2 aromatic heterocycles. The Morgan fingerprint density at radius 1 is 1.30 bits per heavy atom. The molecule has 0 aliphatic heterocycles. The Kier molecular flexibility index (Phi) is 4.93. The highest BCUT2D eigenvalue weighted by Crippen LogP contribution is 2.29. The van der Waals surface area contributed by atoms with Crippen molar-refractivity contribution in [1.82, 2.24) is 19.8 Å². The summed E-state index contributed by atoms with van der Waals surface area (Å²) in [5, 5.41) is 12.9. The third-order valence-electron chi connectivity index (χ3n) is 3.43. The number of aromatic nitrogens is 4. The summed E-state index contributed by atoms with van der Waals surface area (Å²) in [5.74, 6) is 1.70. The maximum absolute atomic E-state index is 13.7. The van der Waals surface area contributed by atoms with Crippen molar-refractivity contribution in [3.05, 3.63) is 41.5 Å². The van der Waals surface area contributed by atoms with E-state index in [0.29, 0.717) is 17.2 Å². The van der Waals surface area contributed by atoms with Gasteiger partial charge < -0.3 is 5.73 Å². The summed E-state index contributed by atoms with van der Waals surface area (Å²) in [6.07, 6.45) is 0.940. The van der Waals surface area contributed by atoms with Crippen molar-refractivity contribution in [1.29, 1.82) is 0 Å². The van der Waals surface area contributed by atoms with Gasteiger partial charge in [-0.1, -0.05) is 55.1 Å². The number of rotatable bonds is 6. The van der Waals surface area contributed by atoms with Crippen LogP contribution >= 0.6 is 23.1 Å². The van der Waals surface area contributed by atoms with Gasteiger partial charge in [0, 0.05) is 12.2 Å². The minimum atomic E-state index is -0.182. The molecule has 3 rings (SSSR count). The van der Waals surface area contributed by atoms with Crippen LogP contribution in [0.1, 0.15) is 37.7 Å². The number of nitrogens with zero attached hydrogens (tertiary/aromatic N) is 4. The molecule has 1 atom stereocenters. The van der Waals surface area contributed by atoms with Crippen LogP contribution in [0.25, 0.3) is 4.96 Å². The second-order valence-electron chi connectivity index (χ2n) is 5.83. The van der Waals surface area contributed by atoms with Crippen molar-refractivity contribution in [2.45, 2.75) is 36.4 Å². The molecular formula is C15H19FN5S2+. The van der Waals surface area contributed by atoms with Crippen LogP contribution in [0.15, 0.2) is 28.6 Å². The molecule has 3 aromatic rings. The van der Waals surface area contributed by atoms with Gasteiger partial charge in [-0.3, -0.25) is 0 Å². The van der Waals surface area contributed by atoms with Gasteiger partial charge in [-0.25, -0.2) is 4.39 Å². The second kappa shape index (κ2) is 6.94. The molecule has 0 spiro atoms. The Bertz CT molecular complexity index is 798. The van der Waals surface area contributed by atoms with Gasteiger partial charge in [-0.05, 0) is 17.5 Å².